The number of Topliss-reactive ketones (excluding diaryl/α,β-unsaturated/α-hetero) is 1. The molecular formula is C11H14O4S. The monoisotopic (exact) mass is 242 g/mol. The molecule has 0 aromatic heterocycles. The Kier molecular flexibility index (Phi) is 4.06. The third kappa shape index (κ3) is 3.34. The molecule has 0 N–H and O–H groups in total. The van der Waals surface area contributed by atoms with Crippen molar-refractivity contribution in [2.45, 2.75) is 6.92 Å². The van der Waals surface area contributed by atoms with E-state index >= 15 is 0 Å². The van der Waals surface area contributed by atoms with Crippen molar-refractivity contribution in [1.29, 1.82) is 0 Å². The summed E-state index contributed by atoms with van der Waals surface area (Å²) in [6.07, 6.45) is 0. The highest BCUT2D eigenvalue weighted by Crippen LogP contribution is 2.13. The fraction of sp³-hybridized carbons (Fsp3) is 0.364. The van der Waals surface area contributed by atoms with Crippen LogP contribution in [-0.4, -0.2) is 32.8 Å². The van der Waals surface area contributed by atoms with Crippen molar-refractivity contribution in [3.8, 4) is 5.75 Å². The summed E-state index contributed by atoms with van der Waals surface area (Å²) in [6.45, 7) is 1.52. The molecule has 0 aliphatic carbocycles. The number of hydrogen-bond donors (Lipinski definition) is 0. The lowest BCUT2D eigenvalue weighted by molar-refractivity contribution is 0.102. The van der Waals surface area contributed by atoms with E-state index in [9.17, 15) is 13.2 Å². The number of carbonyl (C=O) groups is 1. The number of carbonyl (C=O) groups excluding carboxylic acids is 1. The maximum Gasteiger partial charge on any atom is 0.177 e. The predicted octanol–water partition coefficient (Wildman–Crippen LogP) is 1.31. The largest absolute Gasteiger partial charge is 0.497 e. The second-order valence-electron chi connectivity index (χ2n) is 3.33. The predicted molar refractivity (Wildman–Crippen MR) is 61.7 cm³/mol. The Morgan fingerprint density at radius 3 is 2.62 bits per heavy atom. The third-order valence-electron chi connectivity index (χ3n) is 2.18. The van der Waals surface area contributed by atoms with Gasteiger partial charge in [-0.25, -0.2) is 8.42 Å². The van der Waals surface area contributed by atoms with Gasteiger partial charge < -0.3 is 4.74 Å². The Bertz CT molecular complexity index is 477. The van der Waals surface area contributed by atoms with Crippen LogP contribution in [0.5, 0.6) is 5.75 Å². The summed E-state index contributed by atoms with van der Waals surface area (Å²) >= 11 is 0. The zero-order valence-electron chi connectivity index (χ0n) is 9.26. The fourth-order valence-electron chi connectivity index (χ4n) is 1.18. The Labute approximate surface area is 95.2 Å². The van der Waals surface area contributed by atoms with E-state index in [1.807, 2.05) is 0 Å². The molecule has 0 aliphatic rings. The summed E-state index contributed by atoms with van der Waals surface area (Å²) in [5.41, 5.74) is 0.358. The second kappa shape index (κ2) is 5.12. The Balaban J connectivity index is 2.89. The zero-order chi connectivity index (χ0) is 12.2. The summed E-state index contributed by atoms with van der Waals surface area (Å²) in [4.78, 5) is 11.7. The van der Waals surface area contributed by atoms with Gasteiger partial charge in [0, 0.05) is 11.3 Å². The summed E-state index contributed by atoms with van der Waals surface area (Å²) in [7, 11) is -1.78. The maximum absolute atomic E-state index is 11.7. The van der Waals surface area contributed by atoms with Crippen molar-refractivity contribution in [3.63, 3.8) is 0 Å². The molecule has 16 heavy (non-hydrogen) atoms. The summed E-state index contributed by atoms with van der Waals surface area (Å²) in [5.74, 6) is -0.333. The van der Waals surface area contributed by atoms with Crippen molar-refractivity contribution < 1.29 is 17.9 Å². The molecule has 0 radical (unpaired) electrons. The highest BCUT2D eigenvalue weighted by Gasteiger charge is 2.16. The van der Waals surface area contributed by atoms with Crippen LogP contribution < -0.4 is 4.74 Å². The molecule has 1 rings (SSSR count). The molecule has 0 atom stereocenters. The van der Waals surface area contributed by atoms with Crippen LogP contribution in [0.25, 0.3) is 0 Å². The van der Waals surface area contributed by atoms with E-state index < -0.39 is 21.4 Å². The van der Waals surface area contributed by atoms with Gasteiger partial charge in [-0.2, -0.15) is 0 Å². The first-order valence-electron chi connectivity index (χ1n) is 4.86. The Hall–Kier alpha value is -1.36. The van der Waals surface area contributed by atoms with Gasteiger partial charge in [0.1, 0.15) is 11.5 Å². The normalized spacial score (nSPS) is 11.1. The van der Waals surface area contributed by atoms with Crippen LogP contribution in [0.3, 0.4) is 0 Å². The molecule has 5 heteroatoms. The van der Waals surface area contributed by atoms with Crippen molar-refractivity contribution in [2.75, 3.05) is 18.6 Å². The average molecular weight is 242 g/mol. The minimum Gasteiger partial charge on any atom is -0.497 e. The van der Waals surface area contributed by atoms with E-state index in [0.29, 0.717) is 11.3 Å². The van der Waals surface area contributed by atoms with Gasteiger partial charge in [0.05, 0.1) is 7.11 Å². The smallest absolute Gasteiger partial charge is 0.177 e. The molecule has 1 aromatic rings. The van der Waals surface area contributed by atoms with Crippen molar-refractivity contribution >= 4 is 15.6 Å². The van der Waals surface area contributed by atoms with E-state index in [-0.39, 0.29) is 5.75 Å². The van der Waals surface area contributed by atoms with Gasteiger partial charge in [-0.1, -0.05) is 19.1 Å². The van der Waals surface area contributed by atoms with E-state index in [1.54, 1.807) is 18.2 Å². The van der Waals surface area contributed by atoms with Gasteiger partial charge in [-0.3, -0.25) is 4.79 Å². The Morgan fingerprint density at radius 2 is 2.06 bits per heavy atom. The molecule has 0 saturated heterocycles. The molecule has 0 aliphatic heterocycles. The first-order valence-corrected chi connectivity index (χ1v) is 6.68. The Morgan fingerprint density at radius 1 is 1.38 bits per heavy atom. The second-order valence-corrected chi connectivity index (χ2v) is 5.68. The quantitative estimate of drug-likeness (QED) is 0.730. The van der Waals surface area contributed by atoms with E-state index in [4.69, 9.17) is 4.74 Å². The van der Waals surface area contributed by atoms with Crippen LogP contribution in [-0.2, 0) is 9.84 Å². The first-order chi connectivity index (χ1) is 7.48. The highest BCUT2D eigenvalue weighted by molar-refractivity contribution is 7.92. The first kappa shape index (κ1) is 12.7. The molecule has 0 saturated carbocycles. The van der Waals surface area contributed by atoms with Crippen LogP contribution in [0.4, 0.5) is 0 Å². The minimum atomic E-state index is -3.28. The number of methoxy groups -OCH3 is 1. The number of ketones is 1. The average Bonchev–Trinajstić information content (AvgIpc) is 2.28. The molecule has 0 spiro atoms. The lowest BCUT2D eigenvalue weighted by atomic mass is 10.1. The van der Waals surface area contributed by atoms with Crippen LogP contribution in [0.2, 0.25) is 0 Å². The van der Waals surface area contributed by atoms with Crippen LogP contribution in [0.15, 0.2) is 24.3 Å². The van der Waals surface area contributed by atoms with Gasteiger partial charge in [0.25, 0.3) is 0 Å². The highest BCUT2D eigenvalue weighted by atomic mass is 32.2. The molecule has 0 fully saturated rings. The topological polar surface area (TPSA) is 60.4 Å². The maximum atomic E-state index is 11.7. The molecule has 0 unspecified atom stereocenters. The number of hydrogen-bond acceptors (Lipinski definition) is 4. The molecule has 0 amide bonds. The lowest BCUT2D eigenvalue weighted by Crippen LogP contribution is -2.17. The lowest BCUT2D eigenvalue weighted by Gasteiger charge is -2.03. The van der Waals surface area contributed by atoms with Gasteiger partial charge in [0.2, 0.25) is 0 Å². The summed E-state index contributed by atoms with van der Waals surface area (Å²) in [6, 6.07) is 6.47. The van der Waals surface area contributed by atoms with Crippen molar-refractivity contribution in [2.24, 2.45) is 0 Å². The SMILES string of the molecule is CCS(=O)(=O)CC(=O)c1cccc(OC)c1. The van der Waals surface area contributed by atoms with Gasteiger partial charge in [-0.05, 0) is 12.1 Å². The number of benzene rings is 1. The van der Waals surface area contributed by atoms with E-state index in [2.05, 4.69) is 0 Å². The van der Waals surface area contributed by atoms with Crippen LogP contribution in [0.1, 0.15) is 17.3 Å². The molecule has 0 bridgehead atoms. The molecule has 88 valence electrons. The van der Waals surface area contributed by atoms with E-state index in [1.165, 1.54) is 20.1 Å². The summed E-state index contributed by atoms with van der Waals surface area (Å²) in [5, 5.41) is 0. The minimum absolute atomic E-state index is 0.0251. The number of ether oxygens (including phenoxy) is 1. The number of sulfone groups is 1. The van der Waals surface area contributed by atoms with Crippen LogP contribution in [0, 0.1) is 0 Å². The molecule has 1 aromatic carbocycles. The molecule has 0 heterocycles. The number of rotatable bonds is 5. The van der Waals surface area contributed by atoms with Crippen LogP contribution >= 0.6 is 0 Å². The summed E-state index contributed by atoms with van der Waals surface area (Å²) < 4.78 is 27.5. The molecular weight excluding hydrogens is 228 g/mol. The van der Waals surface area contributed by atoms with Gasteiger partial charge >= 0.3 is 0 Å². The molecule has 4 nitrogen and oxygen atoms in total. The van der Waals surface area contributed by atoms with Crippen molar-refractivity contribution in [1.82, 2.24) is 0 Å². The van der Waals surface area contributed by atoms with Crippen molar-refractivity contribution in [3.05, 3.63) is 29.8 Å². The fourth-order valence-corrected chi connectivity index (χ4v) is 1.95. The van der Waals surface area contributed by atoms with Gasteiger partial charge in [-0.15, -0.1) is 0 Å². The van der Waals surface area contributed by atoms with Gasteiger partial charge in [0.15, 0.2) is 15.6 Å². The zero-order valence-corrected chi connectivity index (χ0v) is 10.1. The van der Waals surface area contributed by atoms with E-state index in [0.717, 1.165) is 0 Å². The standard InChI is InChI=1S/C11H14O4S/c1-3-16(13,14)8-11(12)9-5-4-6-10(7-9)15-2/h4-7H,3,8H2,1-2H3. The third-order valence-corrected chi connectivity index (χ3v) is 3.76.